The number of allylic oxidation sites excluding steroid dienone is 4. The Morgan fingerprint density at radius 2 is 1.82 bits per heavy atom. The number of hydrogen-bond donors (Lipinski definition) is 1. The average Bonchev–Trinajstić information content (AvgIpc) is 3.07. The van der Waals surface area contributed by atoms with Crippen LogP contribution in [0.1, 0.15) is 58.3 Å². The fourth-order valence-corrected chi connectivity index (χ4v) is 5.20. The van der Waals surface area contributed by atoms with E-state index in [0.717, 1.165) is 38.5 Å². The van der Waals surface area contributed by atoms with Crippen LogP contribution in [0.3, 0.4) is 0 Å². The molecule has 0 bridgehead atoms. The van der Waals surface area contributed by atoms with E-state index in [9.17, 15) is 0 Å². The molecule has 2 N–H and O–H groups in total. The Morgan fingerprint density at radius 3 is 2.36 bits per heavy atom. The van der Waals surface area contributed by atoms with Crippen LogP contribution in [0.4, 0.5) is 0 Å². The van der Waals surface area contributed by atoms with E-state index in [1.54, 1.807) is 11.8 Å². The highest BCUT2D eigenvalue weighted by Crippen LogP contribution is 2.32. The zero-order valence-electron chi connectivity index (χ0n) is 20.1. The quantitative estimate of drug-likeness (QED) is 0.141. The average molecular weight is 528 g/mol. The van der Waals surface area contributed by atoms with Gasteiger partial charge in [0, 0.05) is 45.4 Å². The van der Waals surface area contributed by atoms with Crippen molar-refractivity contribution >= 4 is 51.6 Å². The molecule has 8 heteroatoms. The summed E-state index contributed by atoms with van der Waals surface area (Å²) in [4.78, 5) is 5.00. The Morgan fingerprint density at radius 1 is 1.18 bits per heavy atom. The molecule has 3 rings (SSSR count). The topological polar surface area (TPSA) is 56.2 Å². The first-order valence-corrected chi connectivity index (χ1v) is 13.2. The van der Waals surface area contributed by atoms with Gasteiger partial charge in [0.15, 0.2) is 0 Å². The number of hydrazone groups is 1. The summed E-state index contributed by atoms with van der Waals surface area (Å²) in [6, 6.07) is 7.78. The fourth-order valence-electron chi connectivity index (χ4n) is 3.41. The number of thioether (sulfide) groups is 1. The number of halogens is 3. The third-order valence-corrected chi connectivity index (χ3v) is 7.46. The summed E-state index contributed by atoms with van der Waals surface area (Å²) >= 11 is 20.5. The van der Waals surface area contributed by atoms with E-state index in [2.05, 4.69) is 37.4 Å². The highest BCUT2D eigenvalue weighted by molar-refractivity contribution is 8.13. The summed E-state index contributed by atoms with van der Waals surface area (Å²) in [6.45, 7) is 12.4. The molecule has 0 saturated carbocycles. The van der Waals surface area contributed by atoms with Gasteiger partial charge in [-0.05, 0) is 42.8 Å². The predicted molar refractivity (Wildman–Crippen MR) is 147 cm³/mol. The van der Waals surface area contributed by atoms with Gasteiger partial charge in [-0.2, -0.15) is 5.10 Å². The van der Waals surface area contributed by atoms with Crippen LogP contribution in [-0.2, 0) is 12.2 Å². The summed E-state index contributed by atoms with van der Waals surface area (Å²) in [5, 5.41) is 6.22. The Labute approximate surface area is 217 Å². The molecule has 1 aromatic carbocycles. The molecule has 0 spiro atoms. The van der Waals surface area contributed by atoms with Crippen molar-refractivity contribution in [2.45, 2.75) is 65.5 Å². The molecule has 0 saturated heterocycles. The second-order valence-electron chi connectivity index (χ2n) is 8.55. The van der Waals surface area contributed by atoms with Crippen LogP contribution >= 0.6 is 46.6 Å². The van der Waals surface area contributed by atoms with Gasteiger partial charge in [-0.15, -0.1) is 23.4 Å². The number of alkyl halides is 1. The lowest BCUT2D eigenvalue weighted by Crippen LogP contribution is -2.18. The molecule has 1 aromatic heterocycles. The number of rotatable bonds is 5. The summed E-state index contributed by atoms with van der Waals surface area (Å²) in [5.74, 6) is 7.26. The lowest BCUT2D eigenvalue weighted by molar-refractivity contribution is 0.599. The minimum Gasteiger partial charge on any atom is -0.323 e. The normalized spacial score (nSPS) is 16.6. The van der Waals surface area contributed by atoms with Gasteiger partial charge in [-0.1, -0.05) is 63.9 Å². The number of imidazole rings is 1. The largest absolute Gasteiger partial charge is 0.323 e. The minimum absolute atomic E-state index is 0.112. The van der Waals surface area contributed by atoms with E-state index in [1.807, 2.05) is 50.3 Å². The lowest BCUT2D eigenvalue weighted by Gasteiger charge is -2.19. The minimum atomic E-state index is -0.136. The summed E-state index contributed by atoms with van der Waals surface area (Å²) < 4.78 is 2.17. The van der Waals surface area contributed by atoms with Crippen molar-refractivity contribution in [3.05, 3.63) is 69.3 Å². The Hall–Kier alpha value is -1.40. The molecule has 0 aliphatic heterocycles. The Bertz CT molecular complexity index is 1030. The maximum absolute atomic E-state index is 6.58. The van der Waals surface area contributed by atoms with Gasteiger partial charge < -0.3 is 10.4 Å². The monoisotopic (exact) mass is 526 g/mol. The molecule has 180 valence electrons. The van der Waals surface area contributed by atoms with Crippen molar-refractivity contribution in [3.63, 3.8) is 0 Å². The molecule has 1 atom stereocenters. The summed E-state index contributed by atoms with van der Waals surface area (Å²) in [6.07, 6.45) is 5.20. The van der Waals surface area contributed by atoms with E-state index >= 15 is 0 Å². The van der Waals surface area contributed by atoms with Crippen molar-refractivity contribution in [1.29, 1.82) is 0 Å². The maximum Gasteiger partial charge on any atom is 0.117 e. The molecular weight excluding hydrogens is 495 g/mol. The third kappa shape index (κ3) is 7.29. The van der Waals surface area contributed by atoms with Crippen LogP contribution in [0.2, 0.25) is 5.02 Å². The molecule has 4 nitrogen and oxygen atoms in total. The summed E-state index contributed by atoms with van der Waals surface area (Å²) in [7, 11) is 0. The van der Waals surface area contributed by atoms with Crippen molar-refractivity contribution in [2.24, 2.45) is 16.4 Å². The first-order valence-electron chi connectivity index (χ1n) is 11.0. The number of nitrogens with zero attached hydrogens (tertiary/aromatic N) is 3. The van der Waals surface area contributed by atoms with Gasteiger partial charge in [-0.25, -0.2) is 4.98 Å². The van der Waals surface area contributed by atoms with Gasteiger partial charge in [0.2, 0.25) is 0 Å². The first kappa shape index (κ1) is 27.8. The van der Waals surface area contributed by atoms with Crippen LogP contribution in [0.15, 0.2) is 52.1 Å². The van der Waals surface area contributed by atoms with E-state index in [4.69, 9.17) is 45.6 Å². The van der Waals surface area contributed by atoms with Crippen LogP contribution in [0, 0.1) is 12.3 Å². The van der Waals surface area contributed by atoms with Crippen LogP contribution in [0.25, 0.3) is 5.69 Å². The molecule has 0 fully saturated rings. The van der Waals surface area contributed by atoms with Crippen molar-refractivity contribution in [1.82, 2.24) is 9.55 Å². The SMILES string of the molecule is CC.Cc1c(CS/C(=N\N)C(C)(C)C)nc(CC2=CC=C(Cl)CC2Cl)n1-c1ccc(Cl)cc1. The standard InChI is InChI=1S/C23H27Cl3N4S.C2H6/c1-14-20(13-31-22(29-27)23(2,3)4)28-21(11-15-5-6-17(25)12-19(15)26)30(14)18-9-7-16(24)8-10-18;1-2/h5-10,19H,11-13,27H2,1-4H3;1-2H3/b29-22-;. The van der Waals surface area contributed by atoms with Crippen LogP contribution in [0.5, 0.6) is 0 Å². The number of aromatic nitrogens is 2. The first-order chi connectivity index (χ1) is 15.6. The van der Waals surface area contributed by atoms with Crippen LogP contribution < -0.4 is 5.84 Å². The van der Waals surface area contributed by atoms with E-state index in [-0.39, 0.29) is 10.8 Å². The third-order valence-electron chi connectivity index (χ3n) is 5.08. The van der Waals surface area contributed by atoms with E-state index in [0.29, 0.717) is 23.6 Å². The van der Waals surface area contributed by atoms with Gasteiger partial charge in [0.1, 0.15) is 5.82 Å². The molecule has 1 aliphatic rings. The zero-order chi connectivity index (χ0) is 24.8. The smallest absolute Gasteiger partial charge is 0.117 e. The predicted octanol–water partition coefficient (Wildman–Crippen LogP) is 8.01. The molecule has 1 aliphatic carbocycles. The number of nitrogens with two attached hydrogens (primary N) is 1. The van der Waals surface area contributed by atoms with E-state index < -0.39 is 0 Å². The molecule has 33 heavy (non-hydrogen) atoms. The zero-order valence-corrected chi connectivity index (χ0v) is 23.2. The molecular formula is C25H33Cl3N4S. The second-order valence-corrected chi connectivity index (χ2v) is 11.0. The van der Waals surface area contributed by atoms with E-state index in [1.165, 1.54) is 0 Å². The molecule has 0 radical (unpaired) electrons. The number of benzene rings is 1. The van der Waals surface area contributed by atoms with Crippen molar-refractivity contribution < 1.29 is 0 Å². The molecule has 2 aromatic rings. The lowest BCUT2D eigenvalue weighted by atomic mass is 9.99. The highest BCUT2D eigenvalue weighted by atomic mass is 35.5. The van der Waals surface area contributed by atoms with Crippen LogP contribution in [-0.4, -0.2) is 20.0 Å². The highest BCUT2D eigenvalue weighted by Gasteiger charge is 2.24. The van der Waals surface area contributed by atoms with Gasteiger partial charge in [-0.3, -0.25) is 0 Å². The van der Waals surface area contributed by atoms with Crippen molar-refractivity contribution in [2.75, 3.05) is 0 Å². The van der Waals surface area contributed by atoms with Gasteiger partial charge >= 0.3 is 0 Å². The van der Waals surface area contributed by atoms with Gasteiger partial charge in [0.25, 0.3) is 0 Å². The van der Waals surface area contributed by atoms with Gasteiger partial charge in [0.05, 0.1) is 16.1 Å². The fraction of sp³-hybridized carbons (Fsp3) is 0.440. The Balaban J connectivity index is 0.00000187. The molecule has 1 unspecified atom stereocenters. The Kier molecular flexibility index (Phi) is 10.4. The number of hydrogen-bond acceptors (Lipinski definition) is 4. The second kappa shape index (κ2) is 12.3. The summed E-state index contributed by atoms with van der Waals surface area (Å²) in [5.41, 5.74) is 4.08. The molecule has 1 heterocycles. The molecule has 0 amide bonds. The maximum atomic E-state index is 6.58. The van der Waals surface area contributed by atoms with Crippen molar-refractivity contribution in [3.8, 4) is 5.69 Å².